The normalized spacial score (nSPS) is 12.8. The zero-order valence-electron chi connectivity index (χ0n) is 16.6. The maximum absolute atomic E-state index is 15.0. The van der Waals surface area contributed by atoms with Crippen molar-refractivity contribution in [3.8, 4) is 0 Å². The fraction of sp³-hybridized carbons (Fsp3) is 0.625. The molecule has 2 rings (SSSR count). The van der Waals surface area contributed by atoms with Gasteiger partial charge in [0.1, 0.15) is 11.0 Å². The first-order valence-electron chi connectivity index (χ1n) is 9.11. The Morgan fingerprint density at radius 3 is 1.31 bits per heavy atom. The lowest BCUT2D eigenvalue weighted by Crippen LogP contribution is -2.07. The molecule has 0 aliphatic rings. The SMILES string of the molecule is CCOP(=O)(Cc1c(F)c(F)c(CP(=O)(OCC)OCC)c2nsnc12)OCC. The smallest absolute Gasteiger partial charge is 0.309 e. The Hall–Kier alpha value is -0.800. The van der Waals surface area contributed by atoms with E-state index >= 15 is 0 Å². The number of rotatable bonds is 12. The molecule has 1 aromatic carbocycles. The van der Waals surface area contributed by atoms with Crippen molar-refractivity contribution in [3.63, 3.8) is 0 Å². The van der Waals surface area contributed by atoms with Crippen LogP contribution in [-0.2, 0) is 39.5 Å². The van der Waals surface area contributed by atoms with Crippen LogP contribution in [-0.4, -0.2) is 35.2 Å². The molecular formula is C16H24F2N2O6P2S. The van der Waals surface area contributed by atoms with Gasteiger partial charge in [-0.25, -0.2) is 8.78 Å². The predicted octanol–water partition coefficient (Wildman–Crippen LogP) is 5.50. The van der Waals surface area contributed by atoms with Crippen LogP contribution in [0, 0.1) is 11.6 Å². The lowest BCUT2D eigenvalue weighted by atomic mass is 10.1. The van der Waals surface area contributed by atoms with Crippen LogP contribution in [0.5, 0.6) is 0 Å². The Morgan fingerprint density at radius 1 is 0.724 bits per heavy atom. The van der Waals surface area contributed by atoms with Gasteiger partial charge in [-0.2, -0.15) is 8.75 Å². The molecule has 0 aliphatic carbocycles. The number of halogens is 2. The van der Waals surface area contributed by atoms with E-state index in [-0.39, 0.29) is 48.6 Å². The van der Waals surface area contributed by atoms with Crippen molar-refractivity contribution in [1.82, 2.24) is 8.75 Å². The second kappa shape index (κ2) is 10.5. The Bertz CT molecular complexity index is 850. The van der Waals surface area contributed by atoms with E-state index in [4.69, 9.17) is 18.1 Å². The number of fused-ring (bicyclic) bond motifs is 1. The summed E-state index contributed by atoms with van der Waals surface area (Å²) < 4.78 is 84.4. The molecule has 0 saturated carbocycles. The Balaban J connectivity index is 2.57. The minimum absolute atomic E-state index is 0.0167. The minimum Gasteiger partial charge on any atom is -0.309 e. The van der Waals surface area contributed by atoms with Gasteiger partial charge in [-0.15, -0.1) is 0 Å². The van der Waals surface area contributed by atoms with Crippen molar-refractivity contribution in [2.24, 2.45) is 0 Å². The van der Waals surface area contributed by atoms with Crippen molar-refractivity contribution in [2.75, 3.05) is 26.4 Å². The van der Waals surface area contributed by atoms with Gasteiger partial charge in [-0.1, -0.05) is 0 Å². The quantitative estimate of drug-likeness (QED) is 0.374. The lowest BCUT2D eigenvalue weighted by molar-refractivity contribution is 0.217. The summed E-state index contributed by atoms with van der Waals surface area (Å²) in [5.41, 5.74) is -0.489. The third-order valence-corrected chi connectivity index (χ3v) is 8.33. The van der Waals surface area contributed by atoms with Gasteiger partial charge in [0.15, 0.2) is 11.6 Å². The van der Waals surface area contributed by atoms with Crippen LogP contribution in [0.25, 0.3) is 11.0 Å². The lowest BCUT2D eigenvalue weighted by Gasteiger charge is -2.20. The van der Waals surface area contributed by atoms with Gasteiger partial charge >= 0.3 is 15.2 Å². The van der Waals surface area contributed by atoms with Gasteiger partial charge < -0.3 is 18.1 Å². The number of benzene rings is 1. The third kappa shape index (κ3) is 5.67. The first-order chi connectivity index (χ1) is 13.7. The summed E-state index contributed by atoms with van der Waals surface area (Å²) in [6.45, 7) is 6.76. The molecule has 0 unspecified atom stereocenters. The van der Waals surface area contributed by atoms with E-state index in [1.54, 1.807) is 27.7 Å². The van der Waals surface area contributed by atoms with E-state index in [0.717, 1.165) is 11.7 Å². The first-order valence-corrected chi connectivity index (χ1v) is 13.3. The summed E-state index contributed by atoms with van der Waals surface area (Å²) in [5.74, 6) is -2.53. The monoisotopic (exact) mass is 472 g/mol. The van der Waals surface area contributed by atoms with E-state index in [1.807, 2.05) is 0 Å². The summed E-state index contributed by atoms with van der Waals surface area (Å²) in [6, 6.07) is 0. The molecule has 0 amide bonds. The van der Waals surface area contributed by atoms with Crippen molar-refractivity contribution >= 4 is 38.0 Å². The summed E-state index contributed by atoms with van der Waals surface area (Å²) in [5, 5.41) is 0. The van der Waals surface area contributed by atoms with E-state index in [0.29, 0.717) is 0 Å². The number of nitrogens with zero attached hydrogens (tertiary/aromatic N) is 2. The third-order valence-electron chi connectivity index (χ3n) is 3.79. The van der Waals surface area contributed by atoms with E-state index in [9.17, 15) is 17.9 Å². The Labute approximate surface area is 172 Å². The van der Waals surface area contributed by atoms with E-state index in [2.05, 4.69) is 8.75 Å². The van der Waals surface area contributed by atoms with Crippen LogP contribution < -0.4 is 0 Å². The molecular weight excluding hydrogens is 448 g/mol. The van der Waals surface area contributed by atoms with Crippen LogP contribution in [0.4, 0.5) is 8.78 Å². The van der Waals surface area contributed by atoms with E-state index < -0.39 is 39.1 Å². The highest BCUT2D eigenvalue weighted by Crippen LogP contribution is 2.55. The summed E-state index contributed by atoms with van der Waals surface area (Å²) >= 11 is 0.728. The average Bonchev–Trinajstić information content (AvgIpc) is 3.13. The molecule has 1 aromatic heterocycles. The molecule has 0 fully saturated rings. The molecule has 8 nitrogen and oxygen atoms in total. The minimum atomic E-state index is -3.72. The number of aromatic nitrogens is 2. The van der Waals surface area contributed by atoms with Crippen LogP contribution in [0.2, 0.25) is 0 Å². The van der Waals surface area contributed by atoms with Crippen molar-refractivity contribution in [1.29, 1.82) is 0 Å². The van der Waals surface area contributed by atoms with Gasteiger partial charge in [0.05, 0.1) is 50.5 Å². The second-order valence-electron chi connectivity index (χ2n) is 5.76. The predicted molar refractivity (Wildman–Crippen MR) is 106 cm³/mol. The molecule has 0 spiro atoms. The van der Waals surface area contributed by atoms with Gasteiger partial charge in [-0.05, 0) is 27.7 Å². The van der Waals surface area contributed by atoms with Crippen molar-refractivity contribution in [2.45, 2.75) is 40.0 Å². The molecule has 2 aromatic rings. The molecule has 1 heterocycles. The van der Waals surface area contributed by atoms with Crippen LogP contribution in [0.1, 0.15) is 38.8 Å². The van der Waals surface area contributed by atoms with Crippen LogP contribution in [0.3, 0.4) is 0 Å². The van der Waals surface area contributed by atoms with Crippen LogP contribution >= 0.6 is 26.9 Å². The van der Waals surface area contributed by atoms with Crippen LogP contribution in [0.15, 0.2) is 0 Å². The van der Waals surface area contributed by atoms with Gasteiger partial charge in [-0.3, -0.25) is 9.13 Å². The van der Waals surface area contributed by atoms with Gasteiger partial charge in [0.2, 0.25) is 0 Å². The maximum atomic E-state index is 15.0. The standard InChI is InChI=1S/C16H24F2N2O6P2S/c1-5-23-27(21,24-6-2)9-11-13(17)14(18)12(16-15(11)19-29-20-16)10-28(22,25-7-3)26-8-4/h5-10H2,1-4H3. The Kier molecular flexibility index (Phi) is 8.85. The summed E-state index contributed by atoms with van der Waals surface area (Å²) in [6.07, 6.45) is -1.01. The number of hydrogen-bond donors (Lipinski definition) is 0. The second-order valence-corrected chi connectivity index (χ2v) is 10.4. The largest absolute Gasteiger partial charge is 0.335 e. The highest BCUT2D eigenvalue weighted by molar-refractivity contribution is 7.53. The number of hydrogen-bond acceptors (Lipinski definition) is 9. The molecule has 164 valence electrons. The van der Waals surface area contributed by atoms with Crippen molar-refractivity contribution in [3.05, 3.63) is 22.8 Å². The zero-order chi connectivity index (χ0) is 21.7. The molecule has 0 saturated heterocycles. The molecule has 0 bridgehead atoms. The highest BCUT2D eigenvalue weighted by Gasteiger charge is 2.34. The van der Waals surface area contributed by atoms with Crippen molar-refractivity contribution < 1.29 is 36.0 Å². The fourth-order valence-electron chi connectivity index (χ4n) is 2.78. The molecule has 13 heteroatoms. The molecule has 0 aliphatic heterocycles. The maximum Gasteiger partial charge on any atom is 0.335 e. The molecule has 0 radical (unpaired) electrons. The zero-order valence-corrected chi connectivity index (χ0v) is 19.3. The molecule has 0 atom stereocenters. The summed E-state index contributed by atoms with van der Waals surface area (Å²) in [4.78, 5) is 0. The van der Waals surface area contributed by atoms with Gasteiger partial charge in [0.25, 0.3) is 0 Å². The summed E-state index contributed by atoms with van der Waals surface area (Å²) in [7, 11) is -7.44. The topological polar surface area (TPSA) is 96.8 Å². The first kappa shape index (κ1) is 24.5. The average molecular weight is 472 g/mol. The molecule has 29 heavy (non-hydrogen) atoms. The fourth-order valence-corrected chi connectivity index (χ4v) is 6.81. The molecule has 0 N–H and O–H groups in total. The van der Waals surface area contributed by atoms with Gasteiger partial charge in [0, 0.05) is 11.1 Å². The highest BCUT2D eigenvalue weighted by atomic mass is 32.1. The Morgan fingerprint density at radius 2 is 1.03 bits per heavy atom. The van der Waals surface area contributed by atoms with E-state index in [1.165, 1.54) is 0 Å².